The van der Waals surface area contributed by atoms with Crippen molar-refractivity contribution < 1.29 is 9.18 Å². The summed E-state index contributed by atoms with van der Waals surface area (Å²) in [6.07, 6.45) is 2.20. The lowest BCUT2D eigenvalue weighted by atomic mass is 10.2. The number of anilines is 1. The van der Waals surface area contributed by atoms with E-state index in [2.05, 4.69) is 20.8 Å². The van der Waals surface area contributed by atoms with Crippen LogP contribution in [0.1, 0.15) is 24.4 Å². The molecule has 1 aliphatic carbocycles. The Labute approximate surface area is 155 Å². The molecule has 27 heavy (non-hydrogen) atoms. The largest absolute Gasteiger partial charge is 0.323 e. The zero-order chi connectivity index (χ0) is 18.8. The quantitative estimate of drug-likeness (QED) is 0.750. The molecule has 2 amide bonds. The molecule has 1 aliphatic rings. The van der Waals surface area contributed by atoms with Gasteiger partial charge in [0, 0.05) is 24.8 Å². The van der Waals surface area contributed by atoms with E-state index in [1.54, 1.807) is 19.2 Å². The second kappa shape index (κ2) is 7.14. The number of amides is 2. The first kappa shape index (κ1) is 17.1. The first-order valence-corrected chi connectivity index (χ1v) is 8.75. The second-order valence-corrected chi connectivity index (χ2v) is 6.67. The zero-order valence-electron chi connectivity index (χ0n) is 14.8. The Morgan fingerprint density at radius 3 is 2.74 bits per heavy atom. The number of tetrazole rings is 1. The predicted molar refractivity (Wildman–Crippen MR) is 98.4 cm³/mol. The number of nitrogens with one attached hydrogen (secondary N) is 1. The minimum atomic E-state index is -0.314. The van der Waals surface area contributed by atoms with Gasteiger partial charge < -0.3 is 10.2 Å². The number of aromatic nitrogens is 4. The normalized spacial score (nSPS) is 13.4. The minimum Gasteiger partial charge on any atom is -0.323 e. The van der Waals surface area contributed by atoms with Crippen molar-refractivity contribution in [3.8, 4) is 11.4 Å². The van der Waals surface area contributed by atoms with Gasteiger partial charge in [0.1, 0.15) is 5.82 Å². The van der Waals surface area contributed by atoms with E-state index >= 15 is 0 Å². The Kier molecular flexibility index (Phi) is 4.53. The van der Waals surface area contributed by atoms with Crippen molar-refractivity contribution in [2.45, 2.75) is 25.4 Å². The predicted octanol–water partition coefficient (Wildman–Crippen LogP) is 3.48. The third kappa shape index (κ3) is 3.94. The molecule has 8 heteroatoms. The van der Waals surface area contributed by atoms with E-state index in [1.165, 1.54) is 17.0 Å². The summed E-state index contributed by atoms with van der Waals surface area (Å²) in [4.78, 5) is 13.8. The molecule has 3 aromatic rings. The molecule has 0 radical (unpaired) electrons. The van der Waals surface area contributed by atoms with Crippen molar-refractivity contribution in [2.24, 2.45) is 0 Å². The van der Waals surface area contributed by atoms with E-state index in [-0.39, 0.29) is 11.8 Å². The van der Waals surface area contributed by atoms with Gasteiger partial charge in [-0.3, -0.25) is 0 Å². The van der Waals surface area contributed by atoms with E-state index < -0.39 is 0 Å². The number of nitrogens with zero attached hydrogens (tertiary/aromatic N) is 5. The van der Waals surface area contributed by atoms with Crippen LogP contribution in [-0.2, 0) is 6.54 Å². The Hall–Kier alpha value is -3.29. The lowest BCUT2D eigenvalue weighted by molar-refractivity contribution is 0.220. The standard InChI is InChI=1S/C19H19FN6O/c1-25(12-13-3-2-4-15(20)11-13)19(27)21-16-7-5-14(6-8-16)18-22-23-24-26(18)17-9-10-17/h2-8,11,17H,9-10,12H2,1H3,(H,21,27). The van der Waals surface area contributed by atoms with E-state index in [9.17, 15) is 9.18 Å². The number of halogens is 1. The summed E-state index contributed by atoms with van der Waals surface area (Å²) in [5.74, 6) is 0.420. The topological polar surface area (TPSA) is 75.9 Å². The molecule has 1 saturated carbocycles. The molecule has 2 aromatic carbocycles. The fourth-order valence-corrected chi connectivity index (χ4v) is 2.85. The summed E-state index contributed by atoms with van der Waals surface area (Å²) in [5.41, 5.74) is 2.30. The molecule has 0 atom stereocenters. The number of carbonyl (C=O) groups is 1. The van der Waals surface area contributed by atoms with Crippen LogP contribution in [0.25, 0.3) is 11.4 Å². The van der Waals surface area contributed by atoms with Crippen LogP contribution in [0.15, 0.2) is 48.5 Å². The van der Waals surface area contributed by atoms with Crippen molar-refractivity contribution in [1.82, 2.24) is 25.1 Å². The summed E-state index contributed by atoms with van der Waals surface area (Å²) in [6.45, 7) is 0.317. The van der Waals surface area contributed by atoms with Gasteiger partial charge in [-0.25, -0.2) is 13.9 Å². The molecule has 1 heterocycles. The highest BCUT2D eigenvalue weighted by Crippen LogP contribution is 2.36. The number of benzene rings is 2. The fraction of sp³-hybridized carbons (Fsp3) is 0.263. The van der Waals surface area contributed by atoms with Gasteiger partial charge in [-0.05, 0) is 65.2 Å². The summed E-state index contributed by atoms with van der Waals surface area (Å²) >= 11 is 0. The number of urea groups is 1. The van der Waals surface area contributed by atoms with Crippen molar-refractivity contribution in [3.05, 3.63) is 59.9 Å². The Balaban J connectivity index is 1.40. The van der Waals surface area contributed by atoms with Crippen molar-refractivity contribution >= 4 is 11.7 Å². The maximum absolute atomic E-state index is 13.3. The molecular weight excluding hydrogens is 347 g/mol. The molecular formula is C19H19FN6O. The Morgan fingerprint density at radius 1 is 1.26 bits per heavy atom. The highest BCUT2D eigenvalue weighted by molar-refractivity contribution is 5.89. The van der Waals surface area contributed by atoms with E-state index in [1.807, 2.05) is 28.9 Å². The summed E-state index contributed by atoms with van der Waals surface area (Å²) in [7, 11) is 1.67. The van der Waals surface area contributed by atoms with Crippen LogP contribution in [0.3, 0.4) is 0 Å². The molecule has 0 bridgehead atoms. The zero-order valence-corrected chi connectivity index (χ0v) is 14.8. The average Bonchev–Trinajstić information content (AvgIpc) is 3.39. The summed E-state index contributed by atoms with van der Waals surface area (Å²) < 4.78 is 15.1. The second-order valence-electron chi connectivity index (χ2n) is 6.67. The van der Waals surface area contributed by atoms with Gasteiger partial charge in [-0.2, -0.15) is 0 Å². The van der Waals surface area contributed by atoms with Crippen LogP contribution in [-0.4, -0.2) is 38.2 Å². The van der Waals surface area contributed by atoms with Gasteiger partial charge in [0.2, 0.25) is 0 Å². The van der Waals surface area contributed by atoms with Crippen LogP contribution in [0.5, 0.6) is 0 Å². The Bertz CT molecular complexity index is 951. The molecule has 138 valence electrons. The maximum atomic E-state index is 13.3. The third-order valence-corrected chi connectivity index (χ3v) is 4.44. The highest BCUT2D eigenvalue weighted by Gasteiger charge is 2.28. The molecule has 7 nitrogen and oxygen atoms in total. The van der Waals surface area contributed by atoms with Gasteiger partial charge in [-0.15, -0.1) is 5.10 Å². The highest BCUT2D eigenvalue weighted by atomic mass is 19.1. The molecule has 4 rings (SSSR count). The lowest BCUT2D eigenvalue weighted by Gasteiger charge is -2.18. The first-order valence-electron chi connectivity index (χ1n) is 8.75. The SMILES string of the molecule is CN(Cc1cccc(F)c1)C(=O)Nc1ccc(-c2nnnn2C2CC2)cc1. The maximum Gasteiger partial charge on any atom is 0.321 e. The van der Waals surface area contributed by atoms with Crippen LogP contribution < -0.4 is 5.32 Å². The molecule has 1 fully saturated rings. The van der Waals surface area contributed by atoms with Crippen molar-refractivity contribution in [3.63, 3.8) is 0 Å². The smallest absolute Gasteiger partial charge is 0.321 e. The molecule has 1 aromatic heterocycles. The Morgan fingerprint density at radius 2 is 2.04 bits per heavy atom. The number of rotatable bonds is 5. The van der Waals surface area contributed by atoms with Gasteiger partial charge >= 0.3 is 6.03 Å². The summed E-state index contributed by atoms with van der Waals surface area (Å²) in [5, 5.41) is 14.7. The number of hydrogen-bond acceptors (Lipinski definition) is 4. The number of carbonyl (C=O) groups excluding carboxylic acids is 1. The van der Waals surface area contributed by atoms with Crippen molar-refractivity contribution in [2.75, 3.05) is 12.4 Å². The lowest BCUT2D eigenvalue weighted by Crippen LogP contribution is -2.30. The van der Waals surface area contributed by atoms with Gasteiger partial charge in [0.15, 0.2) is 5.82 Å². The fourth-order valence-electron chi connectivity index (χ4n) is 2.85. The van der Waals surface area contributed by atoms with Crippen LogP contribution in [0.2, 0.25) is 0 Å². The molecule has 0 aliphatic heterocycles. The monoisotopic (exact) mass is 366 g/mol. The molecule has 0 saturated heterocycles. The number of hydrogen-bond donors (Lipinski definition) is 1. The van der Waals surface area contributed by atoms with Gasteiger partial charge in [-0.1, -0.05) is 12.1 Å². The first-order chi connectivity index (χ1) is 13.1. The summed E-state index contributed by atoms with van der Waals surface area (Å²) in [6, 6.07) is 13.7. The van der Waals surface area contributed by atoms with Crippen LogP contribution >= 0.6 is 0 Å². The van der Waals surface area contributed by atoms with Gasteiger partial charge in [0.05, 0.1) is 6.04 Å². The van der Waals surface area contributed by atoms with Crippen LogP contribution in [0, 0.1) is 5.82 Å². The average molecular weight is 366 g/mol. The van der Waals surface area contributed by atoms with E-state index in [4.69, 9.17) is 0 Å². The molecule has 0 spiro atoms. The van der Waals surface area contributed by atoms with Crippen molar-refractivity contribution in [1.29, 1.82) is 0 Å². The molecule has 1 N–H and O–H groups in total. The molecule has 0 unspecified atom stereocenters. The van der Waals surface area contributed by atoms with E-state index in [0.717, 1.165) is 29.8 Å². The minimum absolute atomic E-state index is 0.269. The van der Waals surface area contributed by atoms with Crippen LogP contribution in [0.4, 0.5) is 14.9 Å². The van der Waals surface area contributed by atoms with Gasteiger partial charge in [0.25, 0.3) is 0 Å². The van der Waals surface area contributed by atoms with E-state index in [0.29, 0.717) is 18.3 Å². The third-order valence-electron chi connectivity index (χ3n) is 4.44.